The summed E-state index contributed by atoms with van der Waals surface area (Å²) in [5, 5.41) is 3.77. The Bertz CT molecular complexity index is 608. The van der Waals surface area contributed by atoms with E-state index >= 15 is 0 Å². The number of rotatable bonds is 5. The summed E-state index contributed by atoms with van der Waals surface area (Å²) in [5.74, 6) is 3.06. The fourth-order valence-electron chi connectivity index (χ4n) is 2.94. The third kappa shape index (κ3) is 4.27. The average Bonchev–Trinajstić information content (AvgIpc) is 2.62. The van der Waals surface area contributed by atoms with Crippen LogP contribution in [-0.2, 0) is 0 Å². The van der Waals surface area contributed by atoms with Crippen LogP contribution in [0.25, 0.3) is 0 Å². The number of halogens is 1. The van der Waals surface area contributed by atoms with Crippen LogP contribution in [0.1, 0.15) is 30.0 Å². The summed E-state index contributed by atoms with van der Waals surface area (Å²) < 4.78 is 18.5. The first kappa shape index (κ1) is 16.3. The van der Waals surface area contributed by atoms with E-state index in [1.54, 1.807) is 7.11 Å². The number of hydrogen-bond donors (Lipinski definition) is 1. The van der Waals surface area contributed by atoms with Crippen molar-refractivity contribution in [1.82, 2.24) is 5.32 Å². The summed E-state index contributed by atoms with van der Waals surface area (Å²) in [5.41, 5.74) is 2.27. The SMILES string of the molecule is COc1ccc([C@H](NC2CCSCC2)c2ccc(F)cc2)cc1. The van der Waals surface area contributed by atoms with Crippen LogP contribution in [0, 0.1) is 5.82 Å². The van der Waals surface area contributed by atoms with Crippen molar-refractivity contribution in [1.29, 1.82) is 0 Å². The van der Waals surface area contributed by atoms with E-state index in [9.17, 15) is 4.39 Å². The van der Waals surface area contributed by atoms with Gasteiger partial charge in [-0.25, -0.2) is 4.39 Å². The molecule has 23 heavy (non-hydrogen) atoms. The second-order valence-electron chi connectivity index (χ2n) is 5.81. The Labute approximate surface area is 141 Å². The second-order valence-corrected chi connectivity index (χ2v) is 7.04. The lowest BCUT2D eigenvalue weighted by Crippen LogP contribution is -2.36. The van der Waals surface area contributed by atoms with Gasteiger partial charge in [-0.1, -0.05) is 24.3 Å². The Morgan fingerprint density at radius 2 is 1.57 bits per heavy atom. The van der Waals surface area contributed by atoms with E-state index < -0.39 is 0 Å². The molecular weight excluding hydrogens is 309 g/mol. The van der Waals surface area contributed by atoms with Gasteiger partial charge in [-0.15, -0.1) is 0 Å². The molecule has 0 amide bonds. The highest BCUT2D eigenvalue weighted by atomic mass is 32.2. The number of thioether (sulfide) groups is 1. The van der Waals surface area contributed by atoms with Gasteiger partial charge in [0.25, 0.3) is 0 Å². The molecule has 0 bridgehead atoms. The lowest BCUT2D eigenvalue weighted by Gasteiger charge is -2.29. The number of ether oxygens (including phenoxy) is 1. The first-order chi connectivity index (χ1) is 11.3. The van der Waals surface area contributed by atoms with Crippen molar-refractivity contribution in [2.45, 2.75) is 24.9 Å². The molecule has 1 aliphatic rings. The van der Waals surface area contributed by atoms with Crippen molar-refractivity contribution < 1.29 is 9.13 Å². The Morgan fingerprint density at radius 3 is 2.13 bits per heavy atom. The van der Waals surface area contributed by atoms with Crippen LogP contribution >= 0.6 is 11.8 Å². The van der Waals surface area contributed by atoms with E-state index in [4.69, 9.17) is 4.74 Å². The third-order valence-corrected chi connectivity index (χ3v) is 5.32. The summed E-state index contributed by atoms with van der Waals surface area (Å²) >= 11 is 2.02. The number of methoxy groups -OCH3 is 1. The van der Waals surface area contributed by atoms with Gasteiger partial charge in [0.2, 0.25) is 0 Å². The minimum Gasteiger partial charge on any atom is -0.497 e. The van der Waals surface area contributed by atoms with E-state index in [0.29, 0.717) is 6.04 Å². The highest BCUT2D eigenvalue weighted by Crippen LogP contribution is 2.27. The van der Waals surface area contributed by atoms with Crippen molar-refractivity contribution in [2.75, 3.05) is 18.6 Å². The molecule has 1 saturated heterocycles. The van der Waals surface area contributed by atoms with Gasteiger partial charge in [-0.2, -0.15) is 11.8 Å². The summed E-state index contributed by atoms with van der Waals surface area (Å²) in [4.78, 5) is 0. The van der Waals surface area contributed by atoms with E-state index in [1.165, 1.54) is 42.0 Å². The minimum atomic E-state index is -0.198. The lowest BCUT2D eigenvalue weighted by molar-refractivity contribution is 0.413. The van der Waals surface area contributed by atoms with Gasteiger partial charge in [0.15, 0.2) is 0 Å². The predicted molar refractivity (Wildman–Crippen MR) is 94.7 cm³/mol. The lowest BCUT2D eigenvalue weighted by atomic mass is 9.96. The molecule has 2 aromatic rings. The van der Waals surface area contributed by atoms with Crippen LogP contribution in [0.15, 0.2) is 48.5 Å². The molecule has 122 valence electrons. The molecule has 4 heteroatoms. The monoisotopic (exact) mass is 331 g/mol. The zero-order valence-corrected chi connectivity index (χ0v) is 14.1. The first-order valence-corrected chi connectivity index (χ1v) is 9.15. The molecule has 3 rings (SSSR count). The van der Waals surface area contributed by atoms with Crippen LogP contribution in [0.2, 0.25) is 0 Å². The van der Waals surface area contributed by atoms with Gasteiger partial charge in [0.05, 0.1) is 13.2 Å². The van der Waals surface area contributed by atoms with Crippen molar-refractivity contribution >= 4 is 11.8 Å². The molecule has 1 atom stereocenters. The van der Waals surface area contributed by atoms with E-state index in [1.807, 2.05) is 36.0 Å². The molecule has 0 aliphatic carbocycles. The summed E-state index contributed by atoms with van der Waals surface area (Å²) in [7, 11) is 1.67. The maximum atomic E-state index is 13.3. The van der Waals surface area contributed by atoms with Crippen molar-refractivity contribution in [3.05, 3.63) is 65.5 Å². The molecular formula is C19H22FNOS. The average molecular weight is 331 g/mol. The van der Waals surface area contributed by atoms with Crippen molar-refractivity contribution in [3.63, 3.8) is 0 Å². The molecule has 1 aliphatic heterocycles. The van der Waals surface area contributed by atoms with Crippen molar-refractivity contribution in [3.8, 4) is 5.75 Å². The van der Waals surface area contributed by atoms with Gasteiger partial charge < -0.3 is 10.1 Å². The molecule has 2 nitrogen and oxygen atoms in total. The second kappa shape index (κ2) is 7.84. The van der Waals surface area contributed by atoms with E-state index in [-0.39, 0.29) is 11.9 Å². The molecule has 1 N–H and O–H groups in total. The highest BCUT2D eigenvalue weighted by molar-refractivity contribution is 7.99. The quantitative estimate of drug-likeness (QED) is 0.877. The van der Waals surface area contributed by atoms with E-state index in [0.717, 1.165) is 11.3 Å². The molecule has 1 fully saturated rings. The smallest absolute Gasteiger partial charge is 0.123 e. The first-order valence-electron chi connectivity index (χ1n) is 7.99. The fourth-order valence-corrected chi connectivity index (χ4v) is 4.04. The maximum Gasteiger partial charge on any atom is 0.123 e. The van der Waals surface area contributed by atoms with Crippen LogP contribution in [-0.4, -0.2) is 24.7 Å². The molecule has 2 aromatic carbocycles. The topological polar surface area (TPSA) is 21.3 Å². The van der Waals surface area contributed by atoms with Crippen LogP contribution in [0.4, 0.5) is 4.39 Å². The predicted octanol–water partition coefficient (Wildman–Crippen LogP) is 4.41. The van der Waals surface area contributed by atoms with Gasteiger partial charge in [0, 0.05) is 6.04 Å². The minimum absolute atomic E-state index is 0.0783. The van der Waals surface area contributed by atoms with Crippen molar-refractivity contribution in [2.24, 2.45) is 0 Å². The van der Waals surface area contributed by atoms with Gasteiger partial charge in [-0.3, -0.25) is 0 Å². The van der Waals surface area contributed by atoms with Gasteiger partial charge >= 0.3 is 0 Å². The standard InChI is InChI=1S/C19H22FNOS/c1-22-18-8-4-15(5-9-18)19(14-2-6-16(20)7-3-14)21-17-10-12-23-13-11-17/h2-9,17,19,21H,10-13H2,1H3/t19-/m1/s1. The molecule has 0 aromatic heterocycles. The van der Waals surface area contributed by atoms with Gasteiger partial charge in [0.1, 0.15) is 11.6 Å². The van der Waals surface area contributed by atoms with Crippen LogP contribution < -0.4 is 10.1 Å². The number of nitrogens with one attached hydrogen (secondary N) is 1. The Kier molecular flexibility index (Phi) is 5.57. The number of benzene rings is 2. The van der Waals surface area contributed by atoms with Crippen LogP contribution in [0.5, 0.6) is 5.75 Å². The molecule has 0 radical (unpaired) electrons. The van der Waals surface area contributed by atoms with Gasteiger partial charge in [-0.05, 0) is 59.7 Å². The maximum absolute atomic E-state index is 13.3. The van der Waals surface area contributed by atoms with E-state index in [2.05, 4.69) is 17.4 Å². The normalized spacial score (nSPS) is 17.0. The summed E-state index contributed by atoms with van der Waals surface area (Å²) in [6.45, 7) is 0. The summed E-state index contributed by atoms with van der Waals surface area (Å²) in [6.07, 6.45) is 2.36. The fraction of sp³-hybridized carbons (Fsp3) is 0.368. The zero-order chi connectivity index (χ0) is 16.1. The Balaban J connectivity index is 1.86. The largest absolute Gasteiger partial charge is 0.497 e. The zero-order valence-electron chi connectivity index (χ0n) is 13.3. The highest BCUT2D eigenvalue weighted by Gasteiger charge is 2.21. The third-order valence-electron chi connectivity index (χ3n) is 4.28. The molecule has 0 saturated carbocycles. The molecule has 0 spiro atoms. The summed E-state index contributed by atoms with van der Waals surface area (Å²) in [6, 6.07) is 15.5. The molecule has 1 heterocycles. The molecule has 0 unspecified atom stereocenters. The Hall–Kier alpha value is -1.52. The Morgan fingerprint density at radius 1 is 1.00 bits per heavy atom. The number of hydrogen-bond acceptors (Lipinski definition) is 3. The van der Waals surface area contributed by atoms with Crippen LogP contribution in [0.3, 0.4) is 0 Å².